The molecule has 160 valence electrons. The smallest absolute Gasteiger partial charge is 0.268 e. The zero-order chi connectivity index (χ0) is 22.9. The average Bonchev–Trinajstić information content (AvgIpc) is 3.27. The van der Waals surface area contributed by atoms with Gasteiger partial charge in [0, 0.05) is 28.4 Å². The third kappa shape index (κ3) is 4.69. The predicted molar refractivity (Wildman–Crippen MR) is 120 cm³/mol. The summed E-state index contributed by atoms with van der Waals surface area (Å²) >= 11 is 6.98. The summed E-state index contributed by atoms with van der Waals surface area (Å²) in [5.41, 5.74) is 4.11. The van der Waals surface area contributed by atoms with E-state index in [0.717, 1.165) is 28.9 Å². The quantitative estimate of drug-likeness (QED) is 0.340. The zero-order valence-electron chi connectivity index (χ0n) is 17.1. The van der Waals surface area contributed by atoms with Crippen molar-refractivity contribution in [2.45, 2.75) is 25.1 Å². The summed E-state index contributed by atoms with van der Waals surface area (Å²) < 4.78 is 24.8. The van der Waals surface area contributed by atoms with Crippen LogP contribution in [0.4, 0.5) is 5.13 Å². The topological polar surface area (TPSA) is 118 Å². The van der Waals surface area contributed by atoms with Crippen LogP contribution in [0, 0.1) is 32.1 Å². The molecule has 0 aliphatic heterocycles. The SMILES string of the molecule is Cc1c(Cl)cccc1-n1c(C)cc(/C=C(/C#N)C(=O)Nc2nnc(S(C)(=O)=O)s2)c1C. The summed E-state index contributed by atoms with van der Waals surface area (Å²) in [6.07, 6.45) is 2.48. The highest BCUT2D eigenvalue weighted by Crippen LogP contribution is 2.28. The number of amides is 1. The van der Waals surface area contributed by atoms with E-state index in [1.807, 2.05) is 55.7 Å². The highest BCUT2D eigenvalue weighted by molar-refractivity contribution is 7.92. The monoisotopic (exact) mass is 475 g/mol. The second-order valence-electron chi connectivity index (χ2n) is 6.82. The normalized spacial score (nSPS) is 11.9. The Labute approximate surface area is 188 Å². The second kappa shape index (κ2) is 8.63. The standard InChI is InChI=1S/C20H18ClN5O3S2/c1-11-8-14(13(3)26(11)17-7-5-6-16(21)12(17)2)9-15(10-22)18(27)23-19-24-25-20(30-19)31(4,28)29/h5-9H,1-4H3,(H,23,24,27)/b15-9-. The van der Waals surface area contributed by atoms with Crippen LogP contribution in [0.1, 0.15) is 22.5 Å². The average molecular weight is 476 g/mol. The lowest BCUT2D eigenvalue weighted by Crippen LogP contribution is -2.13. The highest BCUT2D eigenvalue weighted by Gasteiger charge is 2.19. The first-order valence-electron chi connectivity index (χ1n) is 8.94. The van der Waals surface area contributed by atoms with Crippen molar-refractivity contribution in [2.24, 2.45) is 0 Å². The molecule has 3 rings (SSSR count). The Morgan fingerprint density at radius 1 is 1.29 bits per heavy atom. The lowest BCUT2D eigenvalue weighted by molar-refractivity contribution is -0.112. The van der Waals surface area contributed by atoms with Crippen LogP contribution in [0.5, 0.6) is 0 Å². The molecule has 0 atom stereocenters. The molecule has 0 aliphatic carbocycles. The van der Waals surface area contributed by atoms with Crippen LogP contribution in [0.2, 0.25) is 5.02 Å². The summed E-state index contributed by atoms with van der Waals surface area (Å²) in [6.45, 7) is 5.73. The summed E-state index contributed by atoms with van der Waals surface area (Å²) in [5.74, 6) is -0.706. The van der Waals surface area contributed by atoms with Gasteiger partial charge in [0.15, 0.2) is 0 Å². The second-order valence-corrected chi connectivity index (χ2v) is 10.4. The number of nitrogens with one attached hydrogen (secondary N) is 1. The van der Waals surface area contributed by atoms with Crippen LogP contribution >= 0.6 is 22.9 Å². The number of aryl methyl sites for hydroxylation is 1. The van der Waals surface area contributed by atoms with Gasteiger partial charge in [0.05, 0.1) is 0 Å². The van der Waals surface area contributed by atoms with Gasteiger partial charge in [-0.2, -0.15) is 5.26 Å². The number of hydrogen-bond acceptors (Lipinski definition) is 7. The molecule has 0 aliphatic rings. The Kier molecular flexibility index (Phi) is 6.31. The number of aromatic nitrogens is 3. The molecule has 0 bridgehead atoms. The molecule has 1 N–H and O–H groups in total. The van der Waals surface area contributed by atoms with Crippen LogP contribution in [0.3, 0.4) is 0 Å². The summed E-state index contributed by atoms with van der Waals surface area (Å²) in [4.78, 5) is 12.5. The number of halogens is 1. The minimum absolute atomic E-state index is 0.00778. The van der Waals surface area contributed by atoms with Crippen LogP contribution < -0.4 is 5.32 Å². The molecular weight excluding hydrogens is 458 g/mol. The lowest BCUT2D eigenvalue weighted by atomic mass is 10.1. The number of carbonyl (C=O) groups excluding carboxylic acids is 1. The molecule has 0 unspecified atom stereocenters. The van der Waals surface area contributed by atoms with E-state index >= 15 is 0 Å². The first-order valence-corrected chi connectivity index (χ1v) is 12.0. The van der Waals surface area contributed by atoms with Gasteiger partial charge in [-0.05, 0) is 56.2 Å². The Balaban J connectivity index is 1.94. The number of rotatable bonds is 5. The number of carbonyl (C=O) groups is 1. The Morgan fingerprint density at radius 2 is 2.00 bits per heavy atom. The van der Waals surface area contributed by atoms with Gasteiger partial charge in [-0.3, -0.25) is 10.1 Å². The van der Waals surface area contributed by atoms with Gasteiger partial charge < -0.3 is 4.57 Å². The predicted octanol–water partition coefficient (Wildman–Crippen LogP) is 3.86. The van der Waals surface area contributed by atoms with Crippen molar-refractivity contribution in [1.29, 1.82) is 5.26 Å². The maximum absolute atomic E-state index is 12.5. The third-order valence-corrected chi connectivity index (χ3v) is 7.48. The molecule has 0 saturated carbocycles. The minimum Gasteiger partial charge on any atom is -0.318 e. The van der Waals surface area contributed by atoms with Gasteiger partial charge in [0.1, 0.15) is 11.6 Å². The van der Waals surface area contributed by atoms with Crippen molar-refractivity contribution in [3.05, 3.63) is 57.4 Å². The van der Waals surface area contributed by atoms with Crippen LogP contribution in [0.25, 0.3) is 11.8 Å². The largest absolute Gasteiger partial charge is 0.318 e. The Hall–Kier alpha value is -3.00. The number of benzene rings is 1. The molecule has 3 aromatic rings. The summed E-state index contributed by atoms with van der Waals surface area (Å²) in [6, 6.07) is 9.37. The first kappa shape index (κ1) is 22.7. The van der Waals surface area contributed by atoms with E-state index in [1.165, 1.54) is 6.08 Å². The van der Waals surface area contributed by atoms with Gasteiger partial charge in [-0.1, -0.05) is 29.0 Å². The van der Waals surface area contributed by atoms with Crippen molar-refractivity contribution >= 4 is 49.9 Å². The highest BCUT2D eigenvalue weighted by atomic mass is 35.5. The molecule has 1 aromatic carbocycles. The van der Waals surface area contributed by atoms with Gasteiger partial charge >= 0.3 is 0 Å². The van der Waals surface area contributed by atoms with E-state index in [4.69, 9.17) is 11.6 Å². The van der Waals surface area contributed by atoms with Gasteiger partial charge in [-0.25, -0.2) is 8.42 Å². The Morgan fingerprint density at radius 3 is 2.61 bits per heavy atom. The zero-order valence-corrected chi connectivity index (χ0v) is 19.5. The van der Waals surface area contributed by atoms with Gasteiger partial charge in [0.2, 0.25) is 19.3 Å². The molecule has 31 heavy (non-hydrogen) atoms. The summed E-state index contributed by atoms with van der Waals surface area (Å²) in [7, 11) is -3.53. The van der Waals surface area contributed by atoms with Crippen molar-refractivity contribution in [3.8, 4) is 11.8 Å². The van der Waals surface area contributed by atoms with Crippen molar-refractivity contribution < 1.29 is 13.2 Å². The fraction of sp³-hybridized carbons (Fsp3) is 0.200. The number of anilines is 1. The van der Waals surface area contributed by atoms with E-state index in [0.29, 0.717) is 21.9 Å². The molecule has 2 heterocycles. The van der Waals surface area contributed by atoms with Crippen molar-refractivity contribution in [1.82, 2.24) is 14.8 Å². The van der Waals surface area contributed by atoms with Crippen LogP contribution in [0.15, 0.2) is 34.2 Å². The van der Waals surface area contributed by atoms with Crippen molar-refractivity contribution in [3.63, 3.8) is 0 Å². The number of nitriles is 1. The third-order valence-electron chi connectivity index (χ3n) is 4.56. The molecule has 0 radical (unpaired) electrons. The fourth-order valence-corrected chi connectivity index (χ4v) is 4.69. The minimum atomic E-state index is -3.53. The van der Waals surface area contributed by atoms with E-state index in [1.54, 1.807) is 0 Å². The van der Waals surface area contributed by atoms with E-state index in [-0.39, 0.29) is 15.0 Å². The number of nitrogens with zero attached hydrogens (tertiary/aromatic N) is 4. The number of hydrogen-bond donors (Lipinski definition) is 1. The molecule has 0 saturated heterocycles. The van der Waals surface area contributed by atoms with Gasteiger partial charge in [0.25, 0.3) is 5.91 Å². The molecule has 0 fully saturated rings. The first-order chi connectivity index (χ1) is 14.5. The van der Waals surface area contributed by atoms with E-state index in [9.17, 15) is 18.5 Å². The van der Waals surface area contributed by atoms with Gasteiger partial charge in [-0.15, -0.1) is 10.2 Å². The fourth-order valence-electron chi connectivity index (χ4n) is 3.02. The molecule has 8 nitrogen and oxygen atoms in total. The van der Waals surface area contributed by atoms with Crippen molar-refractivity contribution in [2.75, 3.05) is 11.6 Å². The maximum Gasteiger partial charge on any atom is 0.268 e. The Bertz CT molecular complexity index is 1360. The summed E-state index contributed by atoms with van der Waals surface area (Å²) in [5, 5.41) is 19.7. The van der Waals surface area contributed by atoms with Crippen LogP contribution in [-0.4, -0.2) is 35.3 Å². The molecular formula is C20H18ClN5O3S2. The molecule has 1 amide bonds. The maximum atomic E-state index is 12.5. The lowest BCUT2D eigenvalue weighted by Gasteiger charge is -2.13. The molecule has 11 heteroatoms. The number of sulfone groups is 1. The van der Waals surface area contributed by atoms with E-state index in [2.05, 4.69) is 15.5 Å². The van der Waals surface area contributed by atoms with E-state index < -0.39 is 15.7 Å². The van der Waals surface area contributed by atoms with Crippen LogP contribution in [-0.2, 0) is 14.6 Å². The molecule has 2 aromatic heterocycles. The molecule has 0 spiro atoms.